The highest BCUT2D eigenvalue weighted by molar-refractivity contribution is 5.96. The van der Waals surface area contributed by atoms with Gasteiger partial charge >= 0.3 is 5.97 Å². The molecule has 0 saturated carbocycles. The predicted octanol–water partition coefficient (Wildman–Crippen LogP) is 4.37. The lowest BCUT2D eigenvalue weighted by Crippen LogP contribution is -2.07. The molecule has 0 atom stereocenters. The van der Waals surface area contributed by atoms with Crippen molar-refractivity contribution in [3.63, 3.8) is 0 Å². The Morgan fingerprint density at radius 2 is 1.69 bits per heavy atom. The van der Waals surface area contributed by atoms with Gasteiger partial charge in [0.15, 0.2) is 0 Å². The van der Waals surface area contributed by atoms with Crippen molar-refractivity contribution in [2.24, 2.45) is 0 Å². The first kappa shape index (κ1) is 17.4. The minimum absolute atomic E-state index is 0.406. The van der Waals surface area contributed by atoms with Crippen molar-refractivity contribution >= 4 is 29.1 Å². The van der Waals surface area contributed by atoms with Gasteiger partial charge < -0.3 is 15.4 Å². The smallest absolute Gasteiger partial charge is 0.339 e. The zero-order chi connectivity index (χ0) is 18.5. The van der Waals surface area contributed by atoms with Gasteiger partial charge in [-0.05, 0) is 38.1 Å². The van der Waals surface area contributed by atoms with Crippen molar-refractivity contribution in [1.29, 1.82) is 0 Å². The number of benzene rings is 2. The molecule has 0 amide bonds. The first-order valence-electron chi connectivity index (χ1n) is 8.19. The number of hydrogen-bond acceptors (Lipinski definition) is 6. The van der Waals surface area contributed by atoms with Gasteiger partial charge in [0, 0.05) is 17.4 Å². The van der Waals surface area contributed by atoms with Crippen LogP contribution in [0, 0.1) is 13.8 Å². The van der Waals surface area contributed by atoms with Crippen molar-refractivity contribution in [2.75, 3.05) is 17.7 Å². The molecule has 26 heavy (non-hydrogen) atoms. The molecule has 2 aromatic carbocycles. The summed E-state index contributed by atoms with van der Waals surface area (Å²) in [5, 5.41) is 6.36. The number of anilines is 4. The topological polar surface area (TPSA) is 76.1 Å². The molecular weight excluding hydrogens is 328 g/mol. The van der Waals surface area contributed by atoms with Crippen molar-refractivity contribution < 1.29 is 9.53 Å². The molecule has 0 aliphatic carbocycles. The van der Waals surface area contributed by atoms with E-state index in [0.29, 0.717) is 23.0 Å². The van der Waals surface area contributed by atoms with Crippen molar-refractivity contribution in [3.05, 3.63) is 71.4 Å². The van der Waals surface area contributed by atoms with E-state index >= 15 is 0 Å². The third-order valence-electron chi connectivity index (χ3n) is 3.76. The Morgan fingerprint density at radius 1 is 0.962 bits per heavy atom. The number of methoxy groups -OCH3 is 1. The number of carbonyl (C=O) groups excluding carboxylic acids is 1. The minimum Gasteiger partial charge on any atom is -0.465 e. The van der Waals surface area contributed by atoms with Crippen LogP contribution in [0.5, 0.6) is 0 Å². The van der Waals surface area contributed by atoms with Crippen LogP contribution in [0.3, 0.4) is 0 Å². The summed E-state index contributed by atoms with van der Waals surface area (Å²) >= 11 is 0. The fraction of sp³-hybridized carbons (Fsp3) is 0.150. The molecule has 0 unspecified atom stereocenters. The first-order valence-corrected chi connectivity index (χ1v) is 8.19. The SMILES string of the molecule is COC(=O)c1ccccc1Nc1cc(C)nc(Nc2ccc(C)cc2)n1. The van der Waals surface area contributed by atoms with Gasteiger partial charge in [-0.25, -0.2) is 9.78 Å². The highest BCUT2D eigenvalue weighted by Crippen LogP contribution is 2.22. The second kappa shape index (κ2) is 7.65. The normalized spacial score (nSPS) is 10.3. The molecule has 3 rings (SSSR count). The maximum atomic E-state index is 11.9. The van der Waals surface area contributed by atoms with E-state index in [-0.39, 0.29) is 0 Å². The number of aromatic nitrogens is 2. The molecule has 6 heteroatoms. The third kappa shape index (κ3) is 4.16. The standard InChI is InChI=1S/C20H20N4O2/c1-13-8-10-15(11-9-13)22-20-21-14(2)12-18(24-20)23-17-7-5-4-6-16(17)19(25)26-3/h4-12H,1-3H3,(H2,21,22,23,24). The lowest BCUT2D eigenvalue weighted by Gasteiger charge is -2.12. The Morgan fingerprint density at radius 3 is 2.42 bits per heavy atom. The zero-order valence-electron chi connectivity index (χ0n) is 14.9. The second-order valence-electron chi connectivity index (χ2n) is 5.87. The van der Waals surface area contributed by atoms with Crippen molar-refractivity contribution in [3.8, 4) is 0 Å². The minimum atomic E-state index is -0.406. The fourth-order valence-electron chi connectivity index (χ4n) is 2.47. The first-order chi connectivity index (χ1) is 12.5. The molecule has 0 spiro atoms. The molecule has 0 radical (unpaired) electrons. The molecular formula is C20H20N4O2. The summed E-state index contributed by atoms with van der Waals surface area (Å²) in [5.41, 5.74) is 3.95. The van der Waals surface area contributed by atoms with Gasteiger partial charge in [0.05, 0.1) is 18.4 Å². The second-order valence-corrected chi connectivity index (χ2v) is 5.87. The van der Waals surface area contributed by atoms with E-state index in [1.165, 1.54) is 12.7 Å². The summed E-state index contributed by atoms with van der Waals surface area (Å²) < 4.78 is 4.83. The van der Waals surface area contributed by atoms with Crippen LogP contribution in [-0.4, -0.2) is 23.0 Å². The summed E-state index contributed by atoms with van der Waals surface area (Å²) in [7, 11) is 1.36. The maximum Gasteiger partial charge on any atom is 0.339 e. The van der Waals surface area contributed by atoms with E-state index in [9.17, 15) is 4.79 Å². The van der Waals surface area contributed by atoms with Crippen LogP contribution < -0.4 is 10.6 Å². The molecule has 0 aliphatic rings. The van der Waals surface area contributed by atoms with Crippen LogP contribution in [0.25, 0.3) is 0 Å². The highest BCUT2D eigenvalue weighted by Gasteiger charge is 2.12. The van der Waals surface area contributed by atoms with Crippen LogP contribution in [0.2, 0.25) is 0 Å². The number of nitrogens with one attached hydrogen (secondary N) is 2. The van der Waals surface area contributed by atoms with Crippen LogP contribution in [0.4, 0.5) is 23.1 Å². The van der Waals surface area contributed by atoms with Gasteiger partial charge in [-0.1, -0.05) is 29.8 Å². The number of aryl methyl sites for hydroxylation is 2. The number of esters is 1. The molecule has 1 aromatic heterocycles. The summed E-state index contributed by atoms with van der Waals surface area (Å²) in [6.07, 6.45) is 0. The summed E-state index contributed by atoms with van der Waals surface area (Å²) in [6, 6.07) is 16.9. The third-order valence-corrected chi connectivity index (χ3v) is 3.76. The Balaban J connectivity index is 1.87. The average Bonchev–Trinajstić information content (AvgIpc) is 2.63. The number of carbonyl (C=O) groups is 1. The van der Waals surface area contributed by atoms with E-state index in [2.05, 4.69) is 20.6 Å². The molecule has 1 heterocycles. The van der Waals surface area contributed by atoms with Crippen molar-refractivity contribution in [2.45, 2.75) is 13.8 Å². The fourth-order valence-corrected chi connectivity index (χ4v) is 2.47. The molecule has 0 saturated heterocycles. The summed E-state index contributed by atoms with van der Waals surface area (Å²) in [4.78, 5) is 20.8. The Kier molecular flexibility index (Phi) is 5.12. The molecule has 3 aromatic rings. The molecule has 132 valence electrons. The monoisotopic (exact) mass is 348 g/mol. The predicted molar refractivity (Wildman–Crippen MR) is 102 cm³/mol. The van der Waals surface area contributed by atoms with Gasteiger partial charge in [0.2, 0.25) is 5.95 Å². The Labute approximate surface area is 152 Å². The van der Waals surface area contributed by atoms with Gasteiger partial charge in [0.25, 0.3) is 0 Å². The number of para-hydroxylation sites is 1. The zero-order valence-corrected chi connectivity index (χ0v) is 14.9. The van der Waals surface area contributed by atoms with E-state index < -0.39 is 5.97 Å². The van der Waals surface area contributed by atoms with E-state index in [4.69, 9.17) is 4.74 Å². The van der Waals surface area contributed by atoms with Crippen LogP contribution >= 0.6 is 0 Å². The molecule has 0 bridgehead atoms. The van der Waals surface area contributed by atoms with Gasteiger partial charge in [0.1, 0.15) is 5.82 Å². The van der Waals surface area contributed by atoms with Crippen LogP contribution in [0.1, 0.15) is 21.6 Å². The largest absolute Gasteiger partial charge is 0.465 e. The van der Waals surface area contributed by atoms with Crippen LogP contribution in [0.15, 0.2) is 54.6 Å². The number of rotatable bonds is 5. The molecule has 6 nitrogen and oxygen atoms in total. The van der Waals surface area contributed by atoms with Gasteiger partial charge in [-0.15, -0.1) is 0 Å². The number of ether oxygens (including phenoxy) is 1. The van der Waals surface area contributed by atoms with Crippen molar-refractivity contribution in [1.82, 2.24) is 9.97 Å². The van der Waals surface area contributed by atoms with Gasteiger partial charge in [-0.2, -0.15) is 4.98 Å². The molecule has 0 aliphatic heterocycles. The number of hydrogen-bond donors (Lipinski definition) is 2. The molecule has 2 N–H and O–H groups in total. The quantitative estimate of drug-likeness (QED) is 0.667. The highest BCUT2D eigenvalue weighted by atomic mass is 16.5. The van der Waals surface area contributed by atoms with E-state index in [0.717, 1.165) is 11.4 Å². The average molecular weight is 348 g/mol. The van der Waals surface area contributed by atoms with Crippen LogP contribution in [-0.2, 0) is 4.74 Å². The maximum absolute atomic E-state index is 11.9. The summed E-state index contributed by atoms with van der Waals surface area (Å²) in [5.74, 6) is 0.659. The van der Waals surface area contributed by atoms with E-state index in [1.807, 2.05) is 50.2 Å². The summed E-state index contributed by atoms with van der Waals surface area (Å²) in [6.45, 7) is 3.92. The molecule has 0 fully saturated rings. The lowest BCUT2D eigenvalue weighted by molar-refractivity contribution is 0.0602. The Bertz CT molecular complexity index is 923. The Hall–Kier alpha value is -3.41. The number of nitrogens with zero attached hydrogens (tertiary/aromatic N) is 2. The van der Waals surface area contributed by atoms with E-state index in [1.54, 1.807) is 18.2 Å². The van der Waals surface area contributed by atoms with Gasteiger partial charge in [-0.3, -0.25) is 0 Å². The lowest BCUT2D eigenvalue weighted by atomic mass is 10.2.